The summed E-state index contributed by atoms with van der Waals surface area (Å²) >= 11 is 0. The Labute approximate surface area is 80.9 Å². The Balaban J connectivity index is 1.78. The number of nitrogens with two attached hydrogens (primary N) is 1. The number of H-pyrrole nitrogens is 2. The molecule has 0 saturated heterocycles. The first-order valence-electron chi connectivity index (χ1n) is 4.48. The number of nitrogens with one attached hydrogen (secondary N) is 2. The zero-order chi connectivity index (χ0) is 9.80. The molecule has 2 heterocycles. The van der Waals surface area contributed by atoms with Crippen molar-refractivity contribution >= 4 is 5.95 Å². The van der Waals surface area contributed by atoms with Gasteiger partial charge in [0.15, 0.2) is 5.95 Å². The maximum Gasteiger partial charge on any atom is 0.197 e. The summed E-state index contributed by atoms with van der Waals surface area (Å²) in [5.74, 6) is 0.474. The van der Waals surface area contributed by atoms with Crippen molar-refractivity contribution in [1.29, 1.82) is 0 Å². The number of aryl methyl sites for hydroxylation is 2. The van der Waals surface area contributed by atoms with E-state index in [0.717, 1.165) is 30.7 Å². The smallest absolute Gasteiger partial charge is 0.197 e. The summed E-state index contributed by atoms with van der Waals surface area (Å²) in [7, 11) is 0. The highest BCUT2D eigenvalue weighted by Gasteiger charge is 1.99. The molecule has 2 rings (SSSR count). The maximum absolute atomic E-state index is 5.45. The molecule has 0 spiro atoms. The number of imidazole rings is 1. The van der Waals surface area contributed by atoms with Gasteiger partial charge in [-0.25, -0.2) is 4.98 Å². The largest absolute Gasteiger partial charge is 0.369 e. The molecule has 0 radical (unpaired) electrons. The molecule has 6 heteroatoms. The van der Waals surface area contributed by atoms with Gasteiger partial charge in [0.05, 0.1) is 18.1 Å². The van der Waals surface area contributed by atoms with Gasteiger partial charge >= 0.3 is 0 Å². The van der Waals surface area contributed by atoms with Gasteiger partial charge in [-0.1, -0.05) is 0 Å². The van der Waals surface area contributed by atoms with E-state index in [2.05, 4.69) is 25.4 Å². The van der Waals surface area contributed by atoms with E-state index in [0.29, 0.717) is 5.95 Å². The molecule has 74 valence electrons. The minimum absolute atomic E-state index is 0.474. The normalized spacial score (nSPS) is 10.6. The zero-order valence-corrected chi connectivity index (χ0v) is 7.70. The molecule has 0 unspecified atom stereocenters. The third-order valence-electron chi connectivity index (χ3n) is 1.99. The van der Waals surface area contributed by atoms with Crippen LogP contribution in [0.3, 0.4) is 0 Å². The van der Waals surface area contributed by atoms with Crippen molar-refractivity contribution < 1.29 is 0 Å². The van der Waals surface area contributed by atoms with Crippen molar-refractivity contribution in [2.24, 2.45) is 0 Å². The minimum Gasteiger partial charge on any atom is -0.369 e. The Morgan fingerprint density at radius 2 is 2.21 bits per heavy atom. The van der Waals surface area contributed by atoms with E-state index in [4.69, 9.17) is 5.73 Å². The van der Waals surface area contributed by atoms with Crippen LogP contribution in [0.25, 0.3) is 0 Å². The molecule has 0 bridgehead atoms. The van der Waals surface area contributed by atoms with Crippen molar-refractivity contribution in [1.82, 2.24) is 25.4 Å². The number of aromatic nitrogens is 5. The predicted molar refractivity (Wildman–Crippen MR) is 51.4 cm³/mol. The van der Waals surface area contributed by atoms with Crippen LogP contribution in [0, 0.1) is 0 Å². The van der Waals surface area contributed by atoms with Crippen molar-refractivity contribution in [3.8, 4) is 0 Å². The fourth-order valence-corrected chi connectivity index (χ4v) is 1.31. The third-order valence-corrected chi connectivity index (χ3v) is 1.99. The average molecular weight is 192 g/mol. The highest BCUT2D eigenvalue weighted by atomic mass is 15.3. The summed E-state index contributed by atoms with van der Waals surface area (Å²) in [6.07, 6.45) is 6.35. The molecule has 0 aliphatic carbocycles. The molecule has 0 atom stereocenters. The van der Waals surface area contributed by atoms with Gasteiger partial charge < -0.3 is 10.7 Å². The standard InChI is InChI=1S/C8H12N6/c9-8-10-4-6(12-8)2-1-3-7-5-11-14-13-7/h4-5H,1-3H2,(H3,9,10,12)(H,11,13,14). The Hall–Kier alpha value is -1.85. The second-order valence-electron chi connectivity index (χ2n) is 3.11. The van der Waals surface area contributed by atoms with Gasteiger partial charge in [0.25, 0.3) is 0 Å². The number of hydrogen-bond acceptors (Lipinski definition) is 4. The summed E-state index contributed by atoms with van der Waals surface area (Å²) in [5.41, 5.74) is 7.50. The Bertz CT molecular complexity index is 376. The molecule has 0 amide bonds. The number of anilines is 1. The van der Waals surface area contributed by atoms with Crippen LogP contribution in [0.1, 0.15) is 17.8 Å². The van der Waals surface area contributed by atoms with E-state index in [1.54, 1.807) is 12.4 Å². The summed E-state index contributed by atoms with van der Waals surface area (Å²) < 4.78 is 0. The molecule has 0 aliphatic rings. The number of nitrogen functional groups attached to an aromatic ring is 1. The van der Waals surface area contributed by atoms with E-state index >= 15 is 0 Å². The van der Waals surface area contributed by atoms with Crippen molar-refractivity contribution in [3.63, 3.8) is 0 Å². The van der Waals surface area contributed by atoms with E-state index in [9.17, 15) is 0 Å². The third kappa shape index (κ3) is 2.09. The highest BCUT2D eigenvalue weighted by Crippen LogP contribution is 2.04. The van der Waals surface area contributed by atoms with Crippen LogP contribution >= 0.6 is 0 Å². The lowest BCUT2D eigenvalue weighted by Crippen LogP contribution is -1.91. The van der Waals surface area contributed by atoms with Gasteiger partial charge in [-0.2, -0.15) is 15.4 Å². The number of hydrogen-bond donors (Lipinski definition) is 3. The molecule has 0 saturated carbocycles. The van der Waals surface area contributed by atoms with E-state index in [-0.39, 0.29) is 0 Å². The first-order chi connectivity index (χ1) is 6.84. The van der Waals surface area contributed by atoms with Gasteiger partial charge in [-0.15, -0.1) is 0 Å². The van der Waals surface area contributed by atoms with Crippen LogP contribution in [0.5, 0.6) is 0 Å². The topological polar surface area (TPSA) is 96.3 Å². The van der Waals surface area contributed by atoms with Crippen molar-refractivity contribution in [3.05, 3.63) is 23.8 Å². The Morgan fingerprint density at radius 3 is 2.86 bits per heavy atom. The summed E-state index contributed by atoms with van der Waals surface area (Å²) in [6.45, 7) is 0. The van der Waals surface area contributed by atoms with Gasteiger partial charge in [0.2, 0.25) is 0 Å². The highest BCUT2D eigenvalue weighted by molar-refractivity contribution is 5.18. The van der Waals surface area contributed by atoms with Gasteiger partial charge in [0, 0.05) is 5.69 Å². The molecule has 14 heavy (non-hydrogen) atoms. The molecule has 0 fully saturated rings. The van der Waals surface area contributed by atoms with Crippen LogP contribution in [0.15, 0.2) is 12.4 Å². The van der Waals surface area contributed by atoms with Crippen LogP contribution < -0.4 is 5.73 Å². The minimum atomic E-state index is 0.474. The van der Waals surface area contributed by atoms with E-state index in [1.807, 2.05) is 0 Å². The van der Waals surface area contributed by atoms with Gasteiger partial charge in [0.1, 0.15) is 0 Å². The Morgan fingerprint density at radius 1 is 1.29 bits per heavy atom. The zero-order valence-electron chi connectivity index (χ0n) is 7.70. The van der Waals surface area contributed by atoms with Crippen LogP contribution in [0.2, 0.25) is 0 Å². The first kappa shape index (κ1) is 8.74. The fourth-order valence-electron chi connectivity index (χ4n) is 1.31. The second kappa shape index (κ2) is 3.91. The molecular weight excluding hydrogens is 180 g/mol. The first-order valence-corrected chi connectivity index (χ1v) is 4.48. The number of rotatable bonds is 4. The lowest BCUT2D eigenvalue weighted by Gasteiger charge is -1.94. The van der Waals surface area contributed by atoms with Crippen molar-refractivity contribution in [2.75, 3.05) is 5.73 Å². The Kier molecular flexibility index (Phi) is 2.44. The molecule has 0 aliphatic heterocycles. The lowest BCUT2D eigenvalue weighted by molar-refractivity contribution is 0.778. The summed E-state index contributed by atoms with van der Waals surface area (Å²) in [6, 6.07) is 0. The summed E-state index contributed by atoms with van der Waals surface area (Å²) in [4.78, 5) is 6.90. The second-order valence-corrected chi connectivity index (χ2v) is 3.11. The fraction of sp³-hybridized carbons (Fsp3) is 0.375. The molecule has 2 aromatic rings. The van der Waals surface area contributed by atoms with E-state index < -0.39 is 0 Å². The average Bonchev–Trinajstić information content (AvgIpc) is 2.77. The number of aromatic amines is 2. The van der Waals surface area contributed by atoms with Crippen LogP contribution in [-0.2, 0) is 12.8 Å². The maximum atomic E-state index is 5.45. The van der Waals surface area contributed by atoms with E-state index in [1.165, 1.54) is 0 Å². The van der Waals surface area contributed by atoms with Gasteiger partial charge in [-0.05, 0) is 19.3 Å². The molecule has 0 aromatic carbocycles. The molecule has 4 N–H and O–H groups in total. The van der Waals surface area contributed by atoms with Crippen LogP contribution in [0.4, 0.5) is 5.95 Å². The summed E-state index contributed by atoms with van der Waals surface area (Å²) in [5, 5.41) is 10.3. The quantitative estimate of drug-likeness (QED) is 0.648. The SMILES string of the molecule is Nc1ncc(CCCc2cn[nH]n2)[nH]1. The lowest BCUT2D eigenvalue weighted by atomic mass is 10.2. The monoisotopic (exact) mass is 192 g/mol. The number of nitrogens with zero attached hydrogens (tertiary/aromatic N) is 3. The molecule has 2 aromatic heterocycles. The predicted octanol–water partition coefficient (Wildman–Crippen LogP) is 0.285. The van der Waals surface area contributed by atoms with Gasteiger partial charge in [-0.3, -0.25) is 0 Å². The molecular formula is C8H12N6. The van der Waals surface area contributed by atoms with Crippen molar-refractivity contribution in [2.45, 2.75) is 19.3 Å². The van der Waals surface area contributed by atoms with Crippen LogP contribution in [-0.4, -0.2) is 25.4 Å². The molecule has 6 nitrogen and oxygen atoms in total.